The Morgan fingerprint density at radius 3 is 2.45 bits per heavy atom. The summed E-state index contributed by atoms with van der Waals surface area (Å²) in [5.74, 6) is 1.63. The highest BCUT2D eigenvalue weighted by atomic mass is 15.2. The van der Waals surface area contributed by atoms with Crippen molar-refractivity contribution in [2.45, 2.75) is 39.3 Å². The van der Waals surface area contributed by atoms with E-state index in [1.807, 2.05) is 0 Å². The zero-order valence-corrected chi connectivity index (χ0v) is 14.6. The van der Waals surface area contributed by atoms with E-state index < -0.39 is 0 Å². The molecule has 1 aliphatic rings. The van der Waals surface area contributed by atoms with Gasteiger partial charge in [-0.15, -0.1) is 0 Å². The quantitative estimate of drug-likeness (QED) is 0.848. The highest BCUT2D eigenvalue weighted by molar-refractivity contribution is 5.81. The Hall–Kier alpha value is -1.55. The number of aliphatic imine (C=N–C) groups is 1. The zero-order chi connectivity index (χ0) is 16.1. The van der Waals surface area contributed by atoms with E-state index in [0.29, 0.717) is 18.0 Å². The van der Waals surface area contributed by atoms with Crippen LogP contribution in [0.1, 0.15) is 37.9 Å². The van der Waals surface area contributed by atoms with Crippen LogP contribution in [0.3, 0.4) is 0 Å². The molecule has 2 unspecified atom stereocenters. The van der Waals surface area contributed by atoms with E-state index in [2.05, 4.69) is 79.7 Å². The third-order valence-corrected chi connectivity index (χ3v) is 4.00. The Morgan fingerprint density at radius 2 is 1.95 bits per heavy atom. The van der Waals surface area contributed by atoms with Crippen LogP contribution < -0.4 is 10.6 Å². The highest BCUT2D eigenvalue weighted by Crippen LogP contribution is 2.19. The molecule has 1 heterocycles. The molecular weight excluding hydrogens is 272 g/mol. The molecule has 2 rings (SSSR count). The molecule has 0 aromatic heterocycles. The summed E-state index contributed by atoms with van der Waals surface area (Å²) in [6.45, 7) is 8.39. The van der Waals surface area contributed by atoms with Gasteiger partial charge < -0.3 is 15.5 Å². The predicted octanol–water partition coefficient (Wildman–Crippen LogP) is 2.43. The Labute approximate surface area is 135 Å². The Kier molecular flexibility index (Phi) is 5.83. The third-order valence-electron chi connectivity index (χ3n) is 4.00. The molecule has 2 atom stereocenters. The molecule has 0 radical (unpaired) electrons. The Morgan fingerprint density at radius 1 is 1.27 bits per heavy atom. The molecule has 0 bridgehead atoms. The maximum absolute atomic E-state index is 4.46. The van der Waals surface area contributed by atoms with Gasteiger partial charge in [-0.3, -0.25) is 4.99 Å². The lowest BCUT2D eigenvalue weighted by atomic mass is 9.99. The minimum atomic E-state index is 0.341. The number of rotatable bonds is 6. The van der Waals surface area contributed by atoms with Gasteiger partial charge in [0.15, 0.2) is 5.96 Å². The van der Waals surface area contributed by atoms with Crippen molar-refractivity contribution >= 4 is 5.96 Å². The maximum atomic E-state index is 4.46. The molecule has 2 N–H and O–H groups in total. The minimum Gasteiger partial charge on any atom is -0.354 e. The van der Waals surface area contributed by atoms with Crippen molar-refractivity contribution in [2.24, 2.45) is 10.9 Å². The van der Waals surface area contributed by atoms with Crippen LogP contribution in [0.25, 0.3) is 0 Å². The minimum absolute atomic E-state index is 0.341. The van der Waals surface area contributed by atoms with Gasteiger partial charge in [-0.25, -0.2) is 0 Å². The molecule has 0 amide bonds. The maximum Gasteiger partial charge on any atom is 0.191 e. The molecule has 0 fully saturated rings. The second-order valence-electron chi connectivity index (χ2n) is 6.93. The van der Waals surface area contributed by atoms with E-state index in [-0.39, 0.29) is 0 Å². The van der Waals surface area contributed by atoms with Crippen LogP contribution in [-0.4, -0.2) is 44.1 Å². The molecule has 0 saturated carbocycles. The number of benzene rings is 1. The second-order valence-corrected chi connectivity index (χ2v) is 6.93. The zero-order valence-electron chi connectivity index (χ0n) is 14.6. The van der Waals surface area contributed by atoms with Crippen LogP contribution in [-0.2, 0) is 6.42 Å². The van der Waals surface area contributed by atoms with E-state index in [9.17, 15) is 0 Å². The van der Waals surface area contributed by atoms with Crippen LogP contribution >= 0.6 is 0 Å². The van der Waals surface area contributed by atoms with Crippen molar-refractivity contribution in [3.63, 3.8) is 0 Å². The van der Waals surface area contributed by atoms with Gasteiger partial charge in [0.25, 0.3) is 0 Å². The van der Waals surface area contributed by atoms with Gasteiger partial charge in [0.05, 0.1) is 12.6 Å². The molecule has 0 aliphatic carbocycles. The fourth-order valence-electron chi connectivity index (χ4n) is 2.80. The monoisotopic (exact) mass is 302 g/mol. The standard InChI is InChI=1S/C18H30N4/c1-13(2)10-15-6-8-16(9-7-15)17(22(4)5)12-20-18-19-11-14(3)21-18/h6-9,13-14,17H,10-12H2,1-5H3,(H2,19,20,21). The van der Waals surface area contributed by atoms with Crippen molar-refractivity contribution in [1.82, 2.24) is 15.5 Å². The largest absolute Gasteiger partial charge is 0.354 e. The number of hydrogen-bond acceptors (Lipinski definition) is 4. The SMILES string of the molecule is CC(C)Cc1ccc(C(CNC2=NCC(C)N2)N(C)C)cc1. The van der Waals surface area contributed by atoms with Gasteiger partial charge in [-0.2, -0.15) is 0 Å². The number of nitrogens with one attached hydrogen (secondary N) is 2. The molecule has 4 heteroatoms. The highest BCUT2D eigenvalue weighted by Gasteiger charge is 2.17. The molecule has 0 spiro atoms. The summed E-state index contributed by atoms with van der Waals surface area (Å²) in [5, 5.41) is 6.79. The number of likely N-dealkylation sites (N-methyl/N-ethyl adjacent to an activating group) is 1. The van der Waals surface area contributed by atoms with Crippen molar-refractivity contribution < 1.29 is 0 Å². The third kappa shape index (κ3) is 4.73. The molecule has 1 aliphatic heterocycles. The topological polar surface area (TPSA) is 39.7 Å². The van der Waals surface area contributed by atoms with Gasteiger partial charge in [0.2, 0.25) is 0 Å². The van der Waals surface area contributed by atoms with E-state index in [1.54, 1.807) is 0 Å². The summed E-state index contributed by atoms with van der Waals surface area (Å²) in [6.07, 6.45) is 1.14. The fourth-order valence-corrected chi connectivity index (χ4v) is 2.80. The Bertz CT molecular complexity index is 490. The van der Waals surface area contributed by atoms with E-state index in [0.717, 1.165) is 25.5 Å². The molecular formula is C18H30N4. The second kappa shape index (κ2) is 7.63. The molecule has 122 valence electrons. The fraction of sp³-hybridized carbons (Fsp3) is 0.611. The molecule has 1 aromatic rings. The summed E-state index contributed by atoms with van der Waals surface area (Å²) in [7, 11) is 4.25. The van der Waals surface area contributed by atoms with Crippen molar-refractivity contribution in [1.29, 1.82) is 0 Å². The summed E-state index contributed by atoms with van der Waals surface area (Å²) in [6, 6.07) is 9.83. The first-order valence-corrected chi connectivity index (χ1v) is 8.26. The smallest absolute Gasteiger partial charge is 0.191 e. The predicted molar refractivity (Wildman–Crippen MR) is 94.3 cm³/mol. The average Bonchev–Trinajstić information content (AvgIpc) is 2.85. The summed E-state index contributed by atoms with van der Waals surface area (Å²) in [4.78, 5) is 6.72. The van der Waals surface area contributed by atoms with E-state index >= 15 is 0 Å². The summed E-state index contributed by atoms with van der Waals surface area (Å²) in [5.41, 5.74) is 2.76. The number of hydrogen-bond donors (Lipinski definition) is 2. The first-order valence-electron chi connectivity index (χ1n) is 8.26. The first-order chi connectivity index (χ1) is 10.5. The van der Waals surface area contributed by atoms with Crippen molar-refractivity contribution in [3.05, 3.63) is 35.4 Å². The molecule has 4 nitrogen and oxygen atoms in total. The van der Waals surface area contributed by atoms with Crippen LogP contribution in [0.15, 0.2) is 29.3 Å². The van der Waals surface area contributed by atoms with Gasteiger partial charge in [0.1, 0.15) is 0 Å². The lowest BCUT2D eigenvalue weighted by Crippen LogP contribution is -2.41. The van der Waals surface area contributed by atoms with Gasteiger partial charge >= 0.3 is 0 Å². The molecule has 0 saturated heterocycles. The number of nitrogens with zero attached hydrogens (tertiary/aromatic N) is 2. The normalized spacial score (nSPS) is 19.2. The van der Waals surface area contributed by atoms with Gasteiger partial charge in [-0.1, -0.05) is 38.1 Å². The number of guanidine groups is 1. The van der Waals surface area contributed by atoms with E-state index in [1.165, 1.54) is 11.1 Å². The van der Waals surface area contributed by atoms with E-state index in [4.69, 9.17) is 0 Å². The van der Waals surface area contributed by atoms with Crippen LogP contribution in [0, 0.1) is 5.92 Å². The van der Waals surface area contributed by atoms with Crippen LogP contribution in [0.5, 0.6) is 0 Å². The summed E-state index contributed by atoms with van der Waals surface area (Å²) >= 11 is 0. The lowest BCUT2D eigenvalue weighted by molar-refractivity contribution is 0.298. The van der Waals surface area contributed by atoms with Crippen LogP contribution in [0.4, 0.5) is 0 Å². The van der Waals surface area contributed by atoms with Gasteiger partial charge in [0, 0.05) is 12.6 Å². The average molecular weight is 302 g/mol. The lowest BCUT2D eigenvalue weighted by Gasteiger charge is -2.26. The van der Waals surface area contributed by atoms with Crippen LogP contribution in [0.2, 0.25) is 0 Å². The van der Waals surface area contributed by atoms with Gasteiger partial charge in [-0.05, 0) is 44.5 Å². The molecule has 22 heavy (non-hydrogen) atoms. The first kappa shape index (κ1) is 16.8. The van der Waals surface area contributed by atoms with Crippen molar-refractivity contribution in [2.75, 3.05) is 27.2 Å². The Balaban J connectivity index is 1.98. The molecule has 1 aromatic carbocycles. The summed E-state index contributed by atoms with van der Waals surface area (Å²) < 4.78 is 0. The van der Waals surface area contributed by atoms with Crippen molar-refractivity contribution in [3.8, 4) is 0 Å².